The Morgan fingerprint density at radius 1 is 1.14 bits per heavy atom. The van der Waals surface area contributed by atoms with Crippen LogP contribution in [0.4, 0.5) is 4.79 Å². The Bertz CT molecular complexity index is 323. The minimum Gasteiger partial charge on any atom is -0.444 e. The molecule has 1 aliphatic rings. The van der Waals surface area contributed by atoms with Gasteiger partial charge in [-0.3, -0.25) is 0 Å². The number of ether oxygens (including phenoxy) is 1. The lowest BCUT2D eigenvalue weighted by atomic mass is 9.93. The van der Waals surface area contributed by atoms with Gasteiger partial charge in [-0.2, -0.15) is 0 Å². The largest absolute Gasteiger partial charge is 0.444 e. The monoisotopic (exact) mass is 298 g/mol. The van der Waals surface area contributed by atoms with E-state index in [-0.39, 0.29) is 11.5 Å². The Balaban J connectivity index is 2.47. The van der Waals surface area contributed by atoms with E-state index in [2.05, 4.69) is 31.4 Å². The Labute approximate surface area is 130 Å². The first-order valence-electron chi connectivity index (χ1n) is 8.27. The van der Waals surface area contributed by atoms with Crippen molar-refractivity contribution in [3.63, 3.8) is 0 Å². The van der Waals surface area contributed by atoms with Crippen LogP contribution < -0.4 is 10.6 Å². The van der Waals surface area contributed by atoms with Crippen molar-refractivity contribution >= 4 is 6.09 Å². The van der Waals surface area contributed by atoms with Crippen LogP contribution in [-0.4, -0.2) is 30.8 Å². The Morgan fingerprint density at radius 2 is 1.71 bits per heavy atom. The number of hydrogen-bond donors (Lipinski definition) is 2. The average molecular weight is 298 g/mol. The first kappa shape index (κ1) is 18.3. The summed E-state index contributed by atoms with van der Waals surface area (Å²) in [5.74, 6) is 0.669. The zero-order valence-electron chi connectivity index (χ0n) is 14.7. The first-order valence-corrected chi connectivity index (χ1v) is 8.27. The second-order valence-corrected chi connectivity index (χ2v) is 8.48. The van der Waals surface area contributed by atoms with Crippen LogP contribution in [0.1, 0.15) is 67.2 Å². The van der Waals surface area contributed by atoms with E-state index in [4.69, 9.17) is 4.74 Å². The van der Waals surface area contributed by atoms with E-state index in [1.54, 1.807) is 0 Å². The van der Waals surface area contributed by atoms with Crippen LogP contribution in [0.3, 0.4) is 0 Å². The van der Waals surface area contributed by atoms with E-state index < -0.39 is 5.60 Å². The molecular formula is C17H34N2O2. The van der Waals surface area contributed by atoms with E-state index in [9.17, 15) is 4.79 Å². The molecule has 1 aliphatic carbocycles. The Kier molecular flexibility index (Phi) is 6.51. The fourth-order valence-corrected chi connectivity index (χ4v) is 2.71. The number of carbonyl (C=O) groups is 1. The smallest absolute Gasteiger partial charge is 0.407 e. The summed E-state index contributed by atoms with van der Waals surface area (Å²) in [5.41, 5.74) is -0.186. The van der Waals surface area contributed by atoms with Gasteiger partial charge < -0.3 is 15.4 Å². The maximum absolute atomic E-state index is 11.8. The second kappa shape index (κ2) is 7.48. The minimum absolute atomic E-state index is 0.253. The summed E-state index contributed by atoms with van der Waals surface area (Å²) in [6.45, 7) is 14.0. The molecule has 0 aromatic rings. The number of rotatable bonds is 5. The molecular weight excluding hydrogens is 264 g/mol. The van der Waals surface area contributed by atoms with Crippen LogP contribution in [0.2, 0.25) is 0 Å². The fraction of sp³-hybridized carbons (Fsp3) is 0.941. The molecule has 1 saturated carbocycles. The molecule has 2 N–H and O–H groups in total. The molecule has 0 aromatic carbocycles. The topological polar surface area (TPSA) is 50.4 Å². The molecule has 0 bridgehead atoms. The lowest BCUT2D eigenvalue weighted by Gasteiger charge is -2.29. The van der Waals surface area contributed by atoms with Gasteiger partial charge in [0.05, 0.1) is 0 Å². The molecule has 21 heavy (non-hydrogen) atoms. The molecule has 1 rings (SSSR count). The van der Waals surface area contributed by atoms with Gasteiger partial charge in [0, 0.05) is 19.1 Å². The molecule has 0 aliphatic heterocycles. The van der Waals surface area contributed by atoms with Crippen LogP contribution in [-0.2, 0) is 4.74 Å². The molecule has 0 radical (unpaired) electrons. The molecule has 1 amide bonds. The minimum atomic E-state index is -0.439. The van der Waals surface area contributed by atoms with E-state index in [0.717, 1.165) is 6.54 Å². The summed E-state index contributed by atoms with van der Waals surface area (Å²) in [5, 5.41) is 6.58. The fourth-order valence-electron chi connectivity index (χ4n) is 2.71. The van der Waals surface area contributed by atoms with Gasteiger partial charge in [0.1, 0.15) is 5.60 Å². The zero-order valence-corrected chi connectivity index (χ0v) is 14.7. The lowest BCUT2D eigenvalue weighted by molar-refractivity contribution is 0.0517. The number of carbonyl (C=O) groups excluding carboxylic acids is 1. The Hall–Kier alpha value is -0.770. The van der Waals surface area contributed by atoms with Gasteiger partial charge >= 0.3 is 6.09 Å². The SMILES string of the molecule is CC(C)(C)CNC(CNC(=O)OC(C)(C)C)C1CCCC1. The van der Waals surface area contributed by atoms with E-state index in [1.165, 1.54) is 25.7 Å². The van der Waals surface area contributed by atoms with Gasteiger partial charge in [0.15, 0.2) is 0 Å². The second-order valence-electron chi connectivity index (χ2n) is 8.48. The highest BCUT2D eigenvalue weighted by atomic mass is 16.6. The molecule has 1 fully saturated rings. The van der Waals surface area contributed by atoms with Gasteiger partial charge in [-0.1, -0.05) is 33.6 Å². The van der Waals surface area contributed by atoms with Crippen molar-refractivity contribution in [3.05, 3.63) is 0 Å². The van der Waals surface area contributed by atoms with Crippen molar-refractivity contribution in [2.75, 3.05) is 13.1 Å². The maximum Gasteiger partial charge on any atom is 0.407 e. The molecule has 4 nitrogen and oxygen atoms in total. The van der Waals surface area contributed by atoms with Crippen LogP contribution in [0, 0.1) is 11.3 Å². The number of alkyl carbamates (subject to hydrolysis) is 1. The van der Waals surface area contributed by atoms with E-state index in [0.29, 0.717) is 18.5 Å². The average Bonchev–Trinajstić information content (AvgIpc) is 2.78. The molecule has 1 atom stereocenters. The predicted molar refractivity (Wildman–Crippen MR) is 87.4 cm³/mol. The summed E-state index contributed by atoms with van der Waals surface area (Å²) < 4.78 is 5.32. The molecule has 4 heteroatoms. The molecule has 0 heterocycles. The molecule has 1 unspecified atom stereocenters. The van der Waals surface area contributed by atoms with Crippen molar-refractivity contribution in [3.8, 4) is 0 Å². The van der Waals surface area contributed by atoms with E-state index in [1.807, 2.05) is 20.8 Å². The van der Waals surface area contributed by atoms with Crippen molar-refractivity contribution in [2.45, 2.75) is 78.9 Å². The van der Waals surface area contributed by atoms with Gasteiger partial charge in [0.2, 0.25) is 0 Å². The Morgan fingerprint density at radius 3 is 2.19 bits per heavy atom. The normalized spacial score (nSPS) is 18.6. The van der Waals surface area contributed by atoms with Gasteiger partial charge in [-0.25, -0.2) is 4.79 Å². The zero-order chi connectivity index (χ0) is 16.1. The van der Waals surface area contributed by atoms with Gasteiger partial charge in [-0.15, -0.1) is 0 Å². The summed E-state index contributed by atoms with van der Waals surface area (Å²) in [7, 11) is 0. The van der Waals surface area contributed by atoms with Crippen LogP contribution in [0.15, 0.2) is 0 Å². The molecule has 0 saturated heterocycles. The third-order valence-corrected chi connectivity index (χ3v) is 3.73. The summed E-state index contributed by atoms with van der Waals surface area (Å²) >= 11 is 0. The third-order valence-electron chi connectivity index (χ3n) is 3.73. The van der Waals surface area contributed by atoms with Crippen molar-refractivity contribution in [2.24, 2.45) is 11.3 Å². The predicted octanol–water partition coefficient (Wildman–Crippen LogP) is 3.71. The van der Waals surface area contributed by atoms with Crippen LogP contribution in [0.5, 0.6) is 0 Å². The molecule has 0 spiro atoms. The quantitative estimate of drug-likeness (QED) is 0.813. The van der Waals surface area contributed by atoms with Crippen molar-refractivity contribution in [1.29, 1.82) is 0 Å². The van der Waals surface area contributed by atoms with Crippen molar-refractivity contribution < 1.29 is 9.53 Å². The number of nitrogens with one attached hydrogen (secondary N) is 2. The lowest BCUT2D eigenvalue weighted by Crippen LogP contribution is -2.48. The van der Waals surface area contributed by atoms with Crippen molar-refractivity contribution in [1.82, 2.24) is 10.6 Å². The molecule has 124 valence electrons. The van der Waals surface area contributed by atoms with E-state index >= 15 is 0 Å². The van der Waals surface area contributed by atoms with Gasteiger partial charge in [0.25, 0.3) is 0 Å². The maximum atomic E-state index is 11.8. The highest BCUT2D eigenvalue weighted by Crippen LogP contribution is 2.28. The number of hydrogen-bond acceptors (Lipinski definition) is 3. The standard InChI is InChI=1S/C17H34N2O2/c1-16(2,3)12-19-14(13-9-7-8-10-13)11-18-15(20)21-17(4,5)6/h13-14,19H,7-12H2,1-6H3,(H,18,20). The van der Waals surface area contributed by atoms with Crippen LogP contribution >= 0.6 is 0 Å². The van der Waals surface area contributed by atoms with Gasteiger partial charge in [-0.05, 0) is 44.9 Å². The highest BCUT2D eigenvalue weighted by Gasteiger charge is 2.27. The molecule has 0 aromatic heterocycles. The van der Waals surface area contributed by atoms with Crippen LogP contribution in [0.25, 0.3) is 0 Å². The first-order chi connectivity index (χ1) is 9.57. The number of amides is 1. The summed E-state index contributed by atoms with van der Waals surface area (Å²) in [4.78, 5) is 11.8. The third kappa shape index (κ3) is 8.30. The summed E-state index contributed by atoms with van der Waals surface area (Å²) in [6.07, 6.45) is 4.83. The summed E-state index contributed by atoms with van der Waals surface area (Å²) in [6, 6.07) is 0.347. The highest BCUT2D eigenvalue weighted by molar-refractivity contribution is 5.67.